The monoisotopic (exact) mass is 278 g/mol. The fourth-order valence-corrected chi connectivity index (χ4v) is 1.68. The summed E-state index contributed by atoms with van der Waals surface area (Å²) in [7, 11) is 0. The molecule has 0 fully saturated rings. The summed E-state index contributed by atoms with van der Waals surface area (Å²) in [5.41, 5.74) is 0.214. The molecule has 0 spiro atoms. The van der Waals surface area contributed by atoms with E-state index in [0.29, 0.717) is 12.4 Å². The average molecular weight is 278 g/mol. The van der Waals surface area contributed by atoms with Crippen molar-refractivity contribution < 1.29 is 8.78 Å². The topological polar surface area (TPSA) is 49.8 Å². The lowest BCUT2D eigenvalue weighted by Crippen LogP contribution is -2.05. The normalized spacial score (nSPS) is 10.3. The van der Waals surface area contributed by atoms with Crippen molar-refractivity contribution in [2.45, 2.75) is 19.8 Å². The van der Waals surface area contributed by atoms with E-state index in [9.17, 15) is 8.78 Å². The molecule has 0 amide bonds. The smallest absolute Gasteiger partial charge is 0.148 e. The number of nitrogens with zero attached hydrogens (tertiary/aromatic N) is 2. The largest absolute Gasteiger partial charge is 0.383 e. The molecule has 1 aromatic heterocycles. The zero-order valence-electron chi connectivity index (χ0n) is 11.2. The van der Waals surface area contributed by atoms with E-state index in [4.69, 9.17) is 0 Å². The summed E-state index contributed by atoms with van der Waals surface area (Å²) in [5.74, 6) is -0.631. The number of anilines is 3. The SMILES string of the molecule is CCCCNc1cc(F)c(Nc2ccncn2)cc1F. The van der Waals surface area contributed by atoms with Crippen molar-refractivity contribution >= 4 is 17.2 Å². The molecule has 0 aliphatic carbocycles. The van der Waals surface area contributed by atoms with E-state index in [-0.39, 0.29) is 11.4 Å². The Morgan fingerprint density at radius 2 is 1.90 bits per heavy atom. The third kappa shape index (κ3) is 3.63. The second-order valence-electron chi connectivity index (χ2n) is 4.31. The van der Waals surface area contributed by atoms with E-state index in [1.807, 2.05) is 6.92 Å². The second-order valence-corrected chi connectivity index (χ2v) is 4.31. The molecule has 0 radical (unpaired) electrons. The zero-order chi connectivity index (χ0) is 14.4. The van der Waals surface area contributed by atoms with Crippen LogP contribution in [0.2, 0.25) is 0 Å². The summed E-state index contributed by atoms with van der Waals surface area (Å²) in [6.45, 7) is 2.65. The van der Waals surface area contributed by atoms with Crippen molar-refractivity contribution in [2.75, 3.05) is 17.2 Å². The van der Waals surface area contributed by atoms with E-state index in [0.717, 1.165) is 25.0 Å². The molecule has 0 bridgehead atoms. The number of unbranched alkanes of at least 4 members (excludes halogenated alkanes) is 1. The zero-order valence-corrected chi connectivity index (χ0v) is 11.2. The number of rotatable bonds is 6. The van der Waals surface area contributed by atoms with Crippen LogP contribution in [-0.2, 0) is 0 Å². The van der Waals surface area contributed by atoms with Gasteiger partial charge in [0, 0.05) is 24.9 Å². The predicted molar refractivity (Wildman–Crippen MR) is 75.1 cm³/mol. The first-order chi connectivity index (χ1) is 9.70. The van der Waals surface area contributed by atoms with Crippen molar-refractivity contribution in [2.24, 2.45) is 0 Å². The third-order valence-electron chi connectivity index (χ3n) is 2.75. The average Bonchev–Trinajstić information content (AvgIpc) is 2.45. The van der Waals surface area contributed by atoms with E-state index in [2.05, 4.69) is 20.6 Å². The van der Waals surface area contributed by atoms with Gasteiger partial charge in [-0.2, -0.15) is 0 Å². The molecule has 2 N–H and O–H groups in total. The molecule has 6 heteroatoms. The molecule has 0 aliphatic heterocycles. The standard InChI is InChI=1S/C14H16F2N4/c1-2-3-5-18-12-7-11(16)13(8-10(12)15)20-14-4-6-17-9-19-14/h4,6-9,18H,2-3,5H2,1H3,(H,17,19,20). The molecule has 0 saturated heterocycles. The molecule has 0 atom stereocenters. The van der Waals surface area contributed by atoms with Gasteiger partial charge in [-0.15, -0.1) is 0 Å². The summed E-state index contributed by atoms with van der Waals surface area (Å²) in [6, 6.07) is 3.84. The number of halogens is 2. The van der Waals surface area contributed by atoms with Gasteiger partial charge in [0.2, 0.25) is 0 Å². The highest BCUT2D eigenvalue weighted by atomic mass is 19.1. The Labute approximate surface area is 116 Å². The van der Waals surface area contributed by atoms with Crippen LogP contribution in [0.5, 0.6) is 0 Å². The maximum absolute atomic E-state index is 13.9. The van der Waals surface area contributed by atoms with Gasteiger partial charge >= 0.3 is 0 Å². The van der Waals surface area contributed by atoms with Gasteiger partial charge < -0.3 is 10.6 Å². The highest BCUT2D eigenvalue weighted by Crippen LogP contribution is 2.25. The minimum atomic E-state index is -0.538. The van der Waals surface area contributed by atoms with Gasteiger partial charge in [0.25, 0.3) is 0 Å². The molecule has 1 heterocycles. The quantitative estimate of drug-likeness (QED) is 0.791. The van der Waals surface area contributed by atoms with Crippen LogP contribution in [0, 0.1) is 11.6 Å². The van der Waals surface area contributed by atoms with Crippen molar-refractivity contribution in [3.8, 4) is 0 Å². The maximum atomic E-state index is 13.9. The van der Waals surface area contributed by atoms with Crippen LogP contribution in [0.4, 0.5) is 26.0 Å². The van der Waals surface area contributed by atoms with Crippen LogP contribution >= 0.6 is 0 Å². The van der Waals surface area contributed by atoms with E-state index in [1.165, 1.54) is 12.5 Å². The lowest BCUT2D eigenvalue weighted by molar-refractivity contribution is 0.605. The molecule has 2 rings (SSSR count). The number of nitrogens with one attached hydrogen (secondary N) is 2. The minimum Gasteiger partial charge on any atom is -0.383 e. The molecule has 2 aromatic rings. The Bertz CT molecular complexity index is 561. The van der Waals surface area contributed by atoms with Crippen LogP contribution in [-0.4, -0.2) is 16.5 Å². The predicted octanol–water partition coefficient (Wildman–Crippen LogP) is 3.71. The summed E-state index contributed by atoms with van der Waals surface area (Å²) < 4.78 is 27.8. The molecular formula is C14H16F2N4. The number of benzene rings is 1. The van der Waals surface area contributed by atoms with Gasteiger partial charge in [-0.05, 0) is 12.5 Å². The van der Waals surface area contributed by atoms with Gasteiger partial charge in [-0.1, -0.05) is 13.3 Å². The van der Waals surface area contributed by atoms with Crippen molar-refractivity contribution in [1.29, 1.82) is 0 Å². The first kappa shape index (κ1) is 14.2. The minimum absolute atomic E-state index is 0.0437. The summed E-state index contributed by atoms with van der Waals surface area (Å²) >= 11 is 0. The highest BCUT2D eigenvalue weighted by molar-refractivity contribution is 5.61. The number of hydrogen-bond donors (Lipinski definition) is 2. The summed E-state index contributed by atoms with van der Waals surface area (Å²) in [5, 5.41) is 5.59. The van der Waals surface area contributed by atoms with Crippen molar-refractivity contribution in [3.05, 3.63) is 42.4 Å². The fourth-order valence-electron chi connectivity index (χ4n) is 1.68. The van der Waals surface area contributed by atoms with Crippen LogP contribution in [0.1, 0.15) is 19.8 Å². The van der Waals surface area contributed by atoms with Gasteiger partial charge in [-0.3, -0.25) is 0 Å². The van der Waals surface area contributed by atoms with Gasteiger partial charge in [0.1, 0.15) is 23.8 Å². The molecule has 1 aromatic carbocycles. The Kier molecular flexibility index (Phi) is 4.81. The van der Waals surface area contributed by atoms with E-state index in [1.54, 1.807) is 6.07 Å². The first-order valence-corrected chi connectivity index (χ1v) is 6.46. The molecule has 0 unspecified atom stereocenters. The number of aromatic nitrogens is 2. The molecule has 106 valence electrons. The Balaban J connectivity index is 2.13. The fraction of sp³-hybridized carbons (Fsp3) is 0.286. The molecule has 4 nitrogen and oxygen atoms in total. The Morgan fingerprint density at radius 1 is 1.15 bits per heavy atom. The molecule has 0 aliphatic rings. The third-order valence-corrected chi connectivity index (χ3v) is 2.75. The van der Waals surface area contributed by atoms with Crippen molar-refractivity contribution in [3.63, 3.8) is 0 Å². The van der Waals surface area contributed by atoms with Crippen LogP contribution in [0.3, 0.4) is 0 Å². The lowest BCUT2D eigenvalue weighted by atomic mass is 10.2. The summed E-state index contributed by atoms with van der Waals surface area (Å²) in [4.78, 5) is 7.65. The first-order valence-electron chi connectivity index (χ1n) is 6.46. The van der Waals surface area contributed by atoms with Crippen molar-refractivity contribution in [1.82, 2.24) is 9.97 Å². The maximum Gasteiger partial charge on any atom is 0.148 e. The lowest BCUT2D eigenvalue weighted by Gasteiger charge is -2.11. The van der Waals surface area contributed by atoms with E-state index < -0.39 is 11.6 Å². The number of hydrogen-bond acceptors (Lipinski definition) is 4. The van der Waals surface area contributed by atoms with Crippen LogP contribution in [0.25, 0.3) is 0 Å². The van der Waals surface area contributed by atoms with Gasteiger partial charge in [0.15, 0.2) is 0 Å². The van der Waals surface area contributed by atoms with Gasteiger partial charge in [-0.25, -0.2) is 18.7 Å². The Morgan fingerprint density at radius 3 is 2.60 bits per heavy atom. The van der Waals surface area contributed by atoms with E-state index >= 15 is 0 Å². The van der Waals surface area contributed by atoms with Gasteiger partial charge in [0.05, 0.1) is 11.4 Å². The summed E-state index contributed by atoms with van der Waals surface area (Å²) in [6.07, 6.45) is 4.74. The van der Waals surface area contributed by atoms with Crippen LogP contribution < -0.4 is 10.6 Å². The molecule has 20 heavy (non-hydrogen) atoms. The second kappa shape index (κ2) is 6.79. The molecular weight excluding hydrogens is 262 g/mol. The Hall–Kier alpha value is -2.24. The molecule has 0 saturated carbocycles. The van der Waals surface area contributed by atoms with Crippen LogP contribution in [0.15, 0.2) is 30.7 Å². The highest BCUT2D eigenvalue weighted by Gasteiger charge is 2.10.